The fourth-order valence-electron chi connectivity index (χ4n) is 3.37. The lowest BCUT2D eigenvalue weighted by Crippen LogP contribution is -2.50. The summed E-state index contributed by atoms with van der Waals surface area (Å²) in [6.45, 7) is 11.9. The van der Waals surface area contributed by atoms with Gasteiger partial charge in [-0.25, -0.2) is 0 Å². The molecule has 0 amide bonds. The number of aliphatic hydroxyl groups is 1. The van der Waals surface area contributed by atoms with E-state index in [1.165, 1.54) is 11.1 Å². The van der Waals surface area contributed by atoms with Crippen LogP contribution in [-0.4, -0.2) is 60.3 Å². The fraction of sp³-hybridized carbons (Fsp3) is 0.684. The van der Waals surface area contributed by atoms with Gasteiger partial charge in [-0.2, -0.15) is 0 Å². The summed E-state index contributed by atoms with van der Waals surface area (Å²) in [5.74, 6) is 0.278. The Kier molecular flexibility index (Phi) is 6.01. The van der Waals surface area contributed by atoms with E-state index in [0.717, 1.165) is 45.6 Å². The van der Waals surface area contributed by atoms with Gasteiger partial charge in [0.1, 0.15) is 0 Å². The van der Waals surface area contributed by atoms with Gasteiger partial charge in [-0.3, -0.25) is 0 Å². The quantitative estimate of drug-likeness (QED) is 0.875. The summed E-state index contributed by atoms with van der Waals surface area (Å²) < 4.78 is 0. The standard InChI is InChI=1S/C19H32N2O/c1-5-19(22,14-18-9-7-6-8-16(18)2)17(3)15-21-12-10-20(4)11-13-21/h6-9,17,22H,5,10-15H2,1-4H3. The average molecular weight is 304 g/mol. The summed E-state index contributed by atoms with van der Waals surface area (Å²) in [7, 11) is 2.18. The largest absolute Gasteiger partial charge is 0.389 e. The normalized spacial score (nSPS) is 21.5. The number of likely N-dealkylation sites (N-methyl/N-ethyl adjacent to an activating group) is 1. The molecule has 1 aromatic carbocycles. The van der Waals surface area contributed by atoms with Crippen molar-refractivity contribution in [3.8, 4) is 0 Å². The van der Waals surface area contributed by atoms with Crippen molar-refractivity contribution in [2.24, 2.45) is 5.92 Å². The monoisotopic (exact) mass is 304 g/mol. The molecule has 2 unspecified atom stereocenters. The third kappa shape index (κ3) is 4.31. The van der Waals surface area contributed by atoms with Crippen LogP contribution in [0.1, 0.15) is 31.4 Å². The van der Waals surface area contributed by atoms with Crippen molar-refractivity contribution in [2.75, 3.05) is 39.8 Å². The Morgan fingerprint density at radius 2 is 1.82 bits per heavy atom. The molecule has 1 aliphatic heterocycles. The minimum absolute atomic E-state index is 0.278. The van der Waals surface area contributed by atoms with Gasteiger partial charge in [-0.1, -0.05) is 38.1 Å². The molecule has 0 spiro atoms. The zero-order valence-corrected chi connectivity index (χ0v) is 14.7. The zero-order chi connectivity index (χ0) is 16.2. The summed E-state index contributed by atoms with van der Waals surface area (Å²) in [6.07, 6.45) is 1.56. The fourth-order valence-corrected chi connectivity index (χ4v) is 3.37. The molecule has 1 fully saturated rings. The van der Waals surface area contributed by atoms with Crippen LogP contribution >= 0.6 is 0 Å². The van der Waals surface area contributed by atoms with Crippen molar-refractivity contribution in [1.29, 1.82) is 0 Å². The van der Waals surface area contributed by atoms with Crippen molar-refractivity contribution in [1.82, 2.24) is 9.80 Å². The average Bonchev–Trinajstić information content (AvgIpc) is 2.51. The smallest absolute Gasteiger partial charge is 0.0723 e. The maximum Gasteiger partial charge on any atom is 0.0723 e. The Bertz CT molecular complexity index is 468. The number of hydrogen-bond acceptors (Lipinski definition) is 3. The van der Waals surface area contributed by atoms with Crippen LogP contribution in [0, 0.1) is 12.8 Å². The molecule has 1 heterocycles. The van der Waals surface area contributed by atoms with Gasteiger partial charge in [-0.05, 0) is 37.4 Å². The summed E-state index contributed by atoms with van der Waals surface area (Å²) in [5, 5.41) is 11.2. The van der Waals surface area contributed by atoms with E-state index in [2.05, 4.69) is 61.9 Å². The molecule has 3 heteroatoms. The van der Waals surface area contributed by atoms with Crippen molar-refractivity contribution in [3.05, 3.63) is 35.4 Å². The molecule has 2 atom stereocenters. The van der Waals surface area contributed by atoms with Crippen LogP contribution in [0.4, 0.5) is 0 Å². The van der Waals surface area contributed by atoms with Crippen molar-refractivity contribution >= 4 is 0 Å². The maximum absolute atomic E-state index is 11.2. The first-order valence-electron chi connectivity index (χ1n) is 8.62. The van der Waals surface area contributed by atoms with Gasteiger partial charge in [0.25, 0.3) is 0 Å². The second kappa shape index (κ2) is 7.58. The van der Waals surface area contributed by atoms with Gasteiger partial charge in [-0.15, -0.1) is 0 Å². The van der Waals surface area contributed by atoms with Crippen LogP contribution in [0.5, 0.6) is 0 Å². The van der Waals surface area contributed by atoms with E-state index >= 15 is 0 Å². The number of hydrogen-bond donors (Lipinski definition) is 1. The summed E-state index contributed by atoms with van der Waals surface area (Å²) in [4.78, 5) is 4.88. The summed E-state index contributed by atoms with van der Waals surface area (Å²) in [6, 6.07) is 8.43. The highest BCUT2D eigenvalue weighted by molar-refractivity contribution is 5.27. The number of piperazine rings is 1. The van der Waals surface area contributed by atoms with Crippen molar-refractivity contribution < 1.29 is 5.11 Å². The van der Waals surface area contributed by atoms with Gasteiger partial charge in [0, 0.05) is 39.1 Å². The maximum atomic E-state index is 11.2. The SMILES string of the molecule is CCC(O)(Cc1ccccc1C)C(C)CN1CCN(C)CC1. The molecule has 0 radical (unpaired) electrons. The minimum atomic E-state index is -0.616. The Labute approximate surface area is 135 Å². The van der Waals surface area contributed by atoms with Gasteiger partial charge >= 0.3 is 0 Å². The minimum Gasteiger partial charge on any atom is -0.389 e. The van der Waals surface area contributed by atoms with Crippen LogP contribution in [0.15, 0.2) is 24.3 Å². The summed E-state index contributed by atoms with van der Waals surface area (Å²) >= 11 is 0. The second-order valence-electron chi connectivity index (χ2n) is 7.07. The molecule has 124 valence electrons. The molecule has 22 heavy (non-hydrogen) atoms. The molecule has 0 saturated carbocycles. The van der Waals surface area contributed by atoms with E-state index in [1.807, 2.05) is 0 Å². The molecular formula is C19H32N2O. The Hall–Kier alpha value is -0.900. The van der Waals surface area contributed by atoms with Gasteiger partial charge in [0.15, 0.2) is 0 Å². The Morgan fingerprint density at radius 3 is 2.41 bits per heavy atom. The predicted molar refractivity (Wildman–Crippen MR) is 93.2 cm³/mol. The molecule has 0 aromatic heterocycles. The first kappa shape index (κ1) is 17.5. The number of benzene rings is 1. The topological polar surface area (TPSA) is 26.7 Å². The zero-order valence-electron chi connectivity index (χ0n) is 14.7. The van der Waals surface area contributed by atoms with Crippen LogP contribution in [0.2, 0.25) is 0 Å². The lowest BCUT2D eigenvalue weighted by atomic mass is 9.80. The van der Waals surface area contributed by atoms with Crippen LogP contribution in [0.3, 0.4) is 0 Å². The third-order valence-corrected chi connectivity index (χ3v) is 5.42. The third-order valence-electron chi connectivity index (χ3n) is 5.42. The van der Waals surface area contributed by atoms with Gasteiger partial charge in [0.05, 0.1) is 5.60 Å². The van der Waals surface area contributed by atoms with E-state index < -0.39 is 5.60 Å². The van der Waals surface area contributed by atoms with Crippen molar-refractivity contribution in [3.63, 3.8) is 0 Å². The molecule has 3 nitrogen and oxygen atoms in total. The highest BCUT2D eigenvalue weighted by Crippen LogP contribution is 2.28. The highest BCUT2D eigenvalue weighted by Gasteiger charge is 2.34. The predicted octanol–water partition coefficient (Wildman–Crippen LogP) is 2.56. The van der Waals surface area contributed by atoms with Gasteiger partial charge < -0.3 is 14.9 Å². The molecule has 1 aromatic rings. The van der Waals surface area contributed by atoms with E-state index in [1.54, 1.807) is 0 Å². The molecule has 1 N–H and O–H groups in total. The lowest BCUT2D eigenvalue weighted by molar-refractivity contribution is -0.0315. The number of rotatable bonds is 6. The first-order chi connectivity index (χ1) is 10.4. The van der Waals surface area contributed by atoms with Crippen molar-refractivity contribution in [2.45, 2.75) is 39.2 Å². The first-order valence-corrected chi connectivity index (χ1v) is 8.62. The van der Waals surface area contributed by atoms with Gasteiger partial charge in [0.2, 0.25) is 0 Å². The Balaban J connectivity index is 2.00. The van der Waals surface area contributed by atoms with E-state index in [9.17, 15) is 5.11 Å². The molecule has 1 saturated heterocycles. The Morgan fingerprint density at radius 1 is 1.18 bits per heavy atom. The number of nitrogens with zero attached hydrogens (tertiary/aromatic N) is 2. The molecule has 1 aliphatic rings. The van der Waals surface area contributed by atoms with Crippen LogP contribution < -0.4 is 0 Å². The summed E-state index contributed by atoms with van der Waals surface area (Å²) in [5.41, 5.74) is 1.94. The second-order valence-corrected chi connectivity index (χ2v) is 7.07. The molecule has 0 bridgehead atoms. The lowest BCUT2D eigenvalue weighted by Gasteiger charge is -2.39. The molecular weight excluding hydrogens is 272 g/mol. The highest BCUT2D eigenvalue weighted by atomic mass is 16.3. The van der Waals surface area contributed by atoms with E-state index in [-0.39, 0.29) is 5.92 Å². The van der Waals surface area contributed by atoms with Crippen LogP contribution in [-0.2, 0) is 6.42 Å². The molecule has 2 rings (SSSR count). The molecule has 0 aliphatic carbocycles. The van der Waals surface area contributed by atoms with E-state index in [4.69, 9.17) is 0 Å². The van der Waals surface area contributed by atoms with E-state index in [0.29, 0.717) is 0 Å². The van der Waals surface area contributed by atoms with Crippen LogP contribution in [0.25, 0.3) is 0 Å². The number of aryl methyl sites for hydroxylation is 1.